The van der Waals surface area contributed by atoms with Gasteiger partial charge in [0.2, 0.25) is 10.0 Å². The van der Waals surface area contributed by atoms with Crippen LogP contribution in [0.4, 0.5) is 0 Å². The topological polar surface area (TPSA) is 62.0 Å². The second-order valence-electron chi connectivity index (χ2n) is 6.47. The standard InChI is InChI=1S/C21H20N2O2S2/c1-15-11-12-21(26-15)27(24,25)23-14-18(16-7-3-2-4-8-16)19-13-22-20-10-6-5-9-17(19)20/h2-13,18,22-23H,14H2,1H3. The predicted molar refractivity (Wildman–Crippen MR) is 111 cm³/mol. The molecule has 0 aliphatic carbocycles. The molecule has 4 aromatic rings. The Balaban J connectivity index is 1.69. The van der Waals surface area contributed by atoms with Crippen LogP contribution in [0.5, 0.6) is 0 Å². The van der Waals surface area contributed by atoms with Crippen LogP contribution in [0, 0.1) is 6.92 Å². The molecule has 138 valence electrons. The van der Waals surface area contributed by atoms with E-state index in [1.807, 2.05) is 67.7 Å². The number of hydrogen-bond donors (Lipinski definition) is 2. The van der Waals surface area contributed by atoms with E-state index in [1.54, 1.807) is 6.07 Å². The summed E-state index contributed by atoms with van der Waals surface area (Å²) < 4.78 is 28.6. The van der Waals surface area contributed by atoms with Gasteiger partial charge in [0.05, 0.1) is 0 Å². The predicted octanol–water partition coefficient (Wildman–Crippen LogP) is 4.65. The van der Waals surface area contributed by atoms with Crippen molar-refractivity contribution < 1.29 is 8.42 Å². The number of benzene rings is 2. The first kappa shape index (κ1) is 18.0. The molecule has 0 amide bonds. The van der Waals surface area contributed by atoms with E-state index >= 15 is 0 Å². The number of hydrogen-bond acceptors (Lipinski definition) is 3. The third kappa shape index (κ3) is 3.69. The minimum Gasteiger partial charge on any atom is -0.361 e. The van der Waals surface area contributed by atoms with E-state index in [9.17, 15) is 8.42 Å². The van der Waals surface area contributed by atoms with Crippen molar-refractivity contribution in [3.05, 3.63) is 88.9 Å². The average molecular weight is 397 g/mol. The van der Waals surface area contributed by atoms with Crippen LogP contribution >= 0.6 is 11.3 Å². The summed E-state index contributed by atoms with van der Waals surface area (Å²) in [5.41, 5.74) is 3.21. The number of H-pyrrole nitrogens is 1. The maximum Gasteiger partial charge on any atom is 0.250 e. The number of aryl methyl sites for hydroxylation is 1. The molecule has 27 heavy (non-hydrogen) atoms. The Kier molecular flexibility index (Phi) is 4.86. The molecule has 2 aromatic carbocycles. The number of rotatable bonds is 6. The molecule has 2 aromatic heterocycles. The van der Waals surface area contributed by atoms with Gasteiger partial charge in [-0.1, -0.05) is 48.5 Å². The summed E-state index contributed by atoms with van der Waals surface area (Å²) in [6.45, 7) is 2.20. The Hall–Kier alpha value is -2.41. The van der Waals surface area contributed by atoms with E-state index in [1.165, 1.54) is 11.3 Å². The fraction of sp³-hybridized carbons (Fsp3) is 0.143. The number of fused-ring (bicyclic) bond motifs is 1. The summed E-state index contributed by atoms with van der Waals surface area (Å²) >= 11 is 1.29. The Morgan fingerprint density at radius 3 is 2.48 bits per heavy atom. The Bertz CT molecular complexity index is 1160. The molecular weight excluding hydrogens is 376 g/mol. The van der Waals surface area contributed by atoms with Crippen molar-refractivity contribution in [1.82, 2.24) is 9.71 Å². The van der Waals surface area contributed by atoms with E-state index in [2.05, 4.69) is 15.8 Å². The largest absolute Gasteiger partial charge is 0.361 e. The third-order valence-corrected chi connectivity index (χ3v) is 7.57. The molecule has 0 radical (unpaired) electrons. The van der Waals surface area contributed by atoms with Gasteiger partial charge in [-0.15, -0.1) is 11.3 Å². The van der Waals surface area contributed by atoms with Gasteiger partial charge in [0.15, 0.2) is 0 Å². The number of aromatic amines is 1. The molecular formula is C21H20N2O2S2. The van der Waals surface area contributed by atoms with Crippen molar-refractivity contribution in [3.63, 3.8) is 0 Å². The van der Waals surface area contributed by atoms with Crippen LogP contribution in [-0.2, 0) is 10.0 Å². The highest BCUT2D eigenvalue weighted by Crippen LogP contribution is 2.31. The highest BCUT2D eigenvalue weighted by Gasteiger charge is 2.22. The lowest BCUT2D eigenvalue weighted by Crippen LogP contribution is -2.28. The van der Waals surface area contributed by atoms with Gasteiger partial charge in [0.1, 0.15) is 4.21 Å². The zero-order chi connectivity index (χ0) is 18.9. The van der Waals surface area contributed by atoms with Crippen LogP contribution < -0.4 is 4.72 Å². The van der Waals surface area contributed by atoms with Crippen LogP contribution in [0.3, 0.4) is 0 Å². The summed E-state index contributed by atoms with van der Waals surface area (Å²) in [4.78, 5) is 4.27. The van der Waals surface area contributed by atoms with E-state index in [4.69, 9.17) is 0 Å². The molecule has 0 saturated carbocycles. The molecule has 2 heterocycles. The van der Waals surface area contributed by atoms with Crippen LogP contribution in [0.2, 0.25) is 0 Å². The van der Waals surface area contributed by atoms with Gasteiger partial charge in [0.25, 0.3) is 0 Å². The quantitative estimate of drug-likeness (QED) is 0.498. The first-order valence-corrected chi connectivity index (χ1v) is 11.0. The Morgan fingerprint density at radius 2 is 1.74 bits per heavy atom. The second kappa shape index (κ2) is 7.31. The van der Waals surface area contributed by atoms with Crippen LogP contribution in [-0.4, -0.2) is 19.9 Å². The minimum atomic E-state index is -3.53. The molecule has 4 nitrogen and oxygen atoms in total. The number of thiophene rings is 1. The summed E-state index contributed by atoms with van der Waals surface area (Å²) in [6.07, 6.45) is 1.98. The third-order valence-electron chi connectivity index (χ3n) is 4.66. The van der Waals surface area contributed by atoms with Gasteiger partial charge >= 0.3 is 0 Å². The number of aromatic nitrogens is 1. The lowest BCUT2D eigenvalue weighted by atomic mass is 9.91. The molecule has 2 N–H and O–H groups in total. The van der Waals surface area contributed by atoms with E-state index in [-0.39, 0.29) is 5.92 Å². The number of nitrogens with one attached hydrogen (secondary N) is 2. The van der Waals surface area contributed by atoms with Crippen molar-refractivity contribution in [3.8, 4) is 0 Å². The van der Waals surface area contributed by atoms with Gasteiger partial charge in [-0.2, -0.15) is 0 Å². The Morgan fingerprint density at radius 1 is 1.00 bits per heavy atom. The van der Waals surface area contributed by atoms with Crippen LogP contribution in [0.25, 0.3) is 10.9 Å². The molecule has 0 fully saturated rings. The second-order valence-corrected chi connectivity index (χ2v) is 9.75. The lowest BCUT2D eigenvalue weighted by Gasteiger charge is -2.18. The van der Waals surface area contributed by atoms with Crippen molar-refractivity contribution in [2.24, 2.45) is 0 Å². The number of para-hydroxylation sites is 1. The molecule has 0 aliphatic rings. The summed E-state index contributed by atoms with van der Waals surface area (Å²) in [5.74, 6) is -0.0850. The zero-order valence-electron chi connectivity index (χ0n) is 14.8. The molecule has 1 atom stereocenters. The van der Waals surface area contributed by atoms with Gasteiger partial charge in [-0.25, -0.2) is 13.1 Å². The average Bonchev–Trinajstić information content (AvgIpc) is 3.30. The monoisotopic (exact) mass is 396 g/mol. The molecule has 0 bridgehead atoms. The maximum absolute atomic E-state index is 12.7. The maximum atomic E-state index is 12.7. The minimum absolute atomic E-state index is 0.0850. The fourth-order valence-electron chi connectivity index (χ4n) is 3.30. The van der Waals surface area contributed by atoms with E-state index in [0.29, 0.717) is 10.8 Å². The highest BCUT2D eigenvalue weighted by atomic mass is 32.2. The van der Waals surface area contributed by atoms with Crippen LogP contribution in [0.1, 0.15) is 21.9 Å². The smallest absolute Gasteiger partial charge is 0.250 e. The summed E-state index contributed by atoms with van der Waals surface area (Å²) in [6, 6.07) is 21.6. The highest BCUT2D eigenvalue weighted by molar-refractivity contribution is 7.91. The SMILES string of the molecule is Cc1ccc(S(=O)(=O)NCC(c2ccccc2)c2c[nH]c3ccccc23)s1. The summed E-state index contributed by atoms with van der Waals surface area (Å²) in [5, 5.41) is 1.11. The summed E-state index contributed by atoms with van der Waals surface area (Å²) in [7, 11) is -3.53. The molecule has 0 spiro atoms. The number of sulfonamides is 1. The van der Waals surface area contributed by atoms with Gasteiger partial charge in [-0.05, 0) is 36.2 Å². The fourth-order valence-corrected chi connectivity index (χ4v) is 5.67. The van der Waals surface area contributed by atoms with Gasteiger partial charge in [0, 0.05) is 34.4 Å². The molecule has 4 rings (SSSR count). The zero-order valence-corrected chi connectivity index (χ0v) is 16.5. The molecule has 1 unspecified atom stereocenters. The molecule has 0 aliphatic heterocycles. The molecule has 0 saturated heterocycles. The van der Waals surface area contributed by atoms with Crippen molar-refractivity contribution in [2.45, 2.75) is 17.1 Å². The van der Waals surface area contributed by atoms with Crippen molar-refractivity contribution >= 4 is 32.3 Å². The van der Waals surface area contributed by atoms with Gasteiger partial charge < -0.3 is 4.98 Å². The molecule has 6 heteroatoms. The first-order valence-electron chi connectivity index (χ1n) is 8.72. The normalized spacial score (nSPS) is 13.1. The van der Waals surface area contributed by atoms with E-state index < -0.39 is 10.0 Å². The van der Waals surface area contributed by atoms with Gasteiger partial charge in [-0.3, -0.25) is 0 Å². The Labute approximate surface area is 162 Å². The van der Waals surface area contributed by atoms with Crippen molar-refractivity contribution in [1.29, 1.82) is 0 Å². The van der Waals surface area contributed by atoms with Crippen molar-refractivity contribution in [2.75, 3.05) is 6.54 Å². The van der Waals surface area contributed by atoms with Crippen LogP contribution in [0.15, 0.2) is 77.1 Å². The first-order chi connectivity index (χ1) is 13.0. The lowest BCUT2D eigenvalue weighted by molar-refractivity contribution is 0.580. The van der Waals surface area contributed by atoms with E-state index in [0.717, 1.165) is 26.9 Å².